The zero-order chi connectivity index (χ0) is 18.1. The van der Waals surface area contributed by atoms with Crippen LogP contribution in [0.4, 0.5) is 0 Å². The van der Waals surface area contributed by atoms with E-state index in [1.54, 1.807) is 0 Å². The largest absolute Gasteiger partial charge is 0.341 e. The average Bonchev–Trinajstić information content (AvgIpc) is 2.37. The lowest BCUT2D eigenvalue weighted by Crippen LogP contribution is -2.23. The maximum Gasteiger partial charge on any atom is 0.341 e. The predicted octanol–water partition coefficient (Wildman–Crippen LogP) is 2.22. The summed E-state index contributed by atoms with van der Waals surface area (Å²) in [6, 6.07) is 0. The Kier molecular flexibility index (Phi) is 10.4. The molecule has 0 bridgehead atoms. The van der Waals surface area contributed by atoms with Crippen LogP contribution in [0.5, 0.6) is 0 Å². The van der Waals surface area contributed by atoms with E-state index >= 15 is 0 Å². The van der Waals surface area contributed by atoms with Crippen molar-refractivity contribution in [1.82, 2.24) is 0 Å². The van der Waals surface area contributed by atoms with E-state index < -0.39 is 36.2 Å². The van der Waals surface area contributed by atoms with E-state index in [0.717, 1.165) is 32.1 Å². The minimum absolute atomic E-state index is 0.321. The van der Waals surface area contributed by atoms with Crippen molar-refractivity contribution >= 4 is 25.0 Å². The normalized spacial score (nSPS) is 13.7. The van der Waals surface area contributed by atoms with Crippen molar-refractivity contribution in [1.29, 1.82) is 0 Å². The molecule has 0 aliphatic rings. The van der Waals surface area contributed by atoms with Gasteiger partial charge in [-0.15, -0.1) is 0 Å². The SMILES string of the molecule is CCCCCCCCCCS(=O)(=O)CC(P(=O)(O)O)P(=O)(O)O. The summed E-state index contributed by atoms with van der Waals surface area (Å²) in [5.74, 6) is -1.52. The van der Waals surface area contributed by atoms with Crippen LogP contribution in [0.25, 0.3) is 0 Å². The van der Waals surface area contributed by atoms with Gasteiger partial charge in [-0.25, -0.2) is 8.42 Å². The van der Waals surface area contributed by atoms with Crippen LogP contribution in [0.3, 0.4) is 0 Å². The Hall–Kier alpha value is 0.250. The highest BCUT2D eigenvalue weighted by atomic mass is 32.2. The summed E-state index contributed by atoms with van der Waals surface area (Å²) in [6.45, 7) is 2.12. The molecule has 0 rings (SSSR count). The molecule has 0 heterocycles. The molecule has 8 nitrogen and oxygen atoms in total. The first-order valence-corrected chi connectivity index (χ1v) is 12.9. The number of hydrogen-bond acceptors (Lipinski definition) is 4. The van der Waals surface area contributed by atoms with Crippen molar-refractivity contribution in [3.63, 3.8) is 0 Å². The van der Waals surface area contributed by atoms with E-state index in [1.165, 1.54) is 6.42 Å². The third kappa shape index (κ3) is 11.4. The third-order valence-electron chi connectivity index (χ3n) is 3.49. The van der Waals surface area contributed by atoms with Gasteiger partial charge in [0.05, 0.1) is 11.5 Å². The number of sulfone groups is 1. The lowest BCUT2D eigenvalue weighted by molar-refractivity contribution is 0.342. The summed E-state index contributed by atoms with van der Waals surface area (Å²) in [6.07, 6.45) is 7.46. The Morgan fingerprint density at radius 2 is 1.17 bits per heavy atom. The molecule has 0 unspecified atom stereocenters. The molecule has 0 spiro atoms. The molecular weight excluding hydrogens is 366 g/mol. The highest BCUT2D eigenvalue weighted by Gasteiger charge is 2.45. The van der Waals surface area contributed by atoms with Gasteiger partial charge >= 0.3 is 15.2 Å². The first kappa shape index (κ1) is 23.2. The molecule has 140 valence electrons. The minimum atomic E-state index is -5.20. The molecule has 0 saturated carbocycles. The fourth-order valence-corrected chi connectivity index (χ4v) is 7.91. The highest BCUT2D eigenvalue weighted by molar-refractivity contribution is 7.92. The van der Waals surface area contributed by atoms with Crippen LogP contribution < -0.4 is 0 Å². The van der Waals surface area contributed by atoms with Crippen LogP contribution in [0, 0.1) is 0 Å². The highest BCUT2D eigenvalue weighted by Crippen LogP contribution is 2.60. The van der Waals surface area contributed by atoms with Gasteiger partial charge in [0.2, 0.25) is 0 Å². The molecule has 0 fully saturated rings. The zero-order valence-corrected chi connectivity index (χ0v) is 16.0. The first-order valence-electron chi connectivity index (χ1n) is 7.71. The van der Waals surface area contributed by atoms with Crippen LogP contribution in [0.1, 0.15) is 58.3 Å². The second-order valence-corrected chi connectivity index (χ2v) is 12.0. The van der Waals surface area contributed by atoms with Crippen LogP contribution >= 0.6 is 15.2 Å². The second-order valence-electron chi connectivity index (χ2n) is 5.75. The van der Waals surface area contributed by atoms with Crippen molar-refractivity contribution in [2.75, 3.05) is 11.5 Å². The number of unbranched alkanes of at least 4 members (excludes halogenated alkanes) is 7. The fraction of sp³-hybridized carbons (Fsp3) is 1.00. The molecule has 0 aliphatic carbocycles. The molecular formula is C12H28O8P2S. The average molecular weight is 394 g/mol. The summed E-state index contributed by atoms with van der Waals surface area (Å²) in [7, 11) is -14.3. The van der Waals surface area contributed by atoms with Crippen molar-refractivity contribution in [3.05, 3.63) is 0 Å². The molecule has 0 aromatic heterocycles. The van der Waals surface area contributed by atoms with Gasteiger partial charge in [-0.3, -0.25) is 9.13 Å². The van der Waals surface area contributed by atoms with Crippen molar-refractivity contribution in [2.45, 2.75) is 63.7 Å². The Balaban J connectivity index is 4.28. The third-order valence-corrected chi connectivity index (χ3v) is 9.46. The van der Waals surface area contributed by atoms with E-state index in [4.69, 9.17) is 19.6 Å². The molecule has 4 N–H and O–H groups in total. The molecule has 11 heteroatoms. The number of rotatable bonds is 13. The van der Waals surface area contributed by atoms with Crippen molar-refractivity contribution < 1.29 is 37.1 Å². The van der Waals surface area contributed by atoms with Crippen LogP contribution in [-0.4, -0.2) is 44.9 Å². The molecule has 0 radical (unpaired) electrons. The monoisotopic (exact) mass is 394 g/mol. The van der Waals surface area contributed by atoms with E-state index in [1.807, 2.05) is 0 Å². The van der Waals surface area contributed by atoms with Gasteiger partial charge in [-0.05, 0) is 6.42 Å². The fourth-order valence-electron chi connectivity index (χ4n) is 2.16. The van der Waals surface area contributed by atoms with Crippen molar-refractivity contribution in [2.24, 2.45) is 0 Å². The van der Waals surface area contributed by atoms with Gasteiger partial charge in [-0.1, -0.05) is 51.9 Å². The molecule has 0 aromatic carbocycles. The summed E-state index contributed by atoms with van der Waals surface area (Å²) in [5, 5.41) is -2.48. The summed E-state index contributed by atoms with van der Waals surface area (Å²) in [4.78, 5) is 35.8. The Morgan fingerprint density at radius 3 is 1.57 bits per heavy atom. The standard InChI is InChI=1S/C12H28O8P2S/c1-2-3-4-5-6-7-8-9-10-23(19,20)11-12(21(13,14)15)22(16,17)18/h12H,2-11H2,1H3,(H2,13,14,15)(H2,16,17,18). The van der Waals surface area contributed by atoms with Gasteiger partial charge < -0.3 is 19.6 Å². The minimum Gasteiger partial charge on any atom is -0.324 e. The molecule has 0 saturated heterocycles. The molecule has 0 aliphatic heterocycles. The van der Waals surface area contributed by atoms with Gasteiger partial charge in [0.1, 0.15) is 0 Å². The number of hydrogen-bond donors (Lipinski definition) is 4. The Morgan fingerprint density at radius 1 is 0.783 bits per heavy atom. The van der Waals surface area contributed by atoms with Gasteiger partial charge in [0, 0.05) is 0 Å². The second kappa shape index (κ2) is 10.3. The Labute approximate surface area is 137 Å². The maximum atomic E-state index is 11.8. The summed E-state index contributed by atoms with van der Waals surface area (Å²) < 4.78 is 45.8. The zero-order valence-electron chi connectivity index (χ0n) is 13.4. The summed E-state index contributed by atoms with van der Waals surface area (Å²) >= 11 is 0. The van der Waals surface area contributed by atoms with E-state index in [9.17, 15) is 17.5 Å². The van der Waals surface area contributed by atoms with E-state index in [2.05, 4.69) is 6.92 Å². The topological polar surface area (TPSA) is 149 Å². The van der Waals surface area contributed by atoms with Gasteiger partial charge in [0.25, 0.3) is 0 Å². The lowest BCUT2D eigenvalue weighted by Gasteiger charge is -2.19. The molecule has 0 aromatic rings. The lowest BCUT2D eigenvalue weighted by atomic mass is 10.1. The predicted molar refractivity (Wildman–Crippen MR) is 89.1 cm³/mol. The Bertz CT molecular complexity index is 499. The van der Waals surface area contributed by atoms with E-state index in [0.29, 0.717) is 12.8 Å². The van der Waals surface area contributed by atoms with Crippen LogP contribution in [-0.2, 0) is 19.0 Å². The van der Waals surface area contributed by atoms with E-state index in [-0.39, 0.29) is 5.75 Å². The van der Waals surface area contributed by atoms with Crippen LogP contribution in [0.2, 0.25) is 0 Å². The summed E-state index contributed by atoms with van der Waals surface area (Å²) in [5.41, 5.74) is 0. The molecule has 0 amide bonds. The molecule has 0 atom stereocenters. The van der Waals surface area contributed by atoms with Crippen LogP contribution in [0.15, 0.2) is 0 Å². The molecule has 23 heavy (non-hydrogen) atoms. The smallest absolute Gasteiger partial charge is 0.324 e. The first-order chi connectivity index (χ1) is 10.4. The van der Waals surface area contributed by atoms with Crippen molar-refractivity contribution in [3.8, 4) is 0 Å². The van der Waals surface area contributed by atoms with Gasteiger partial charge in [0.15, 0.2) is 15.2 Å². The quantitative estimate of drug-likeness (QED) is 0.274. The maximum absolute atomic E-state index is 11.8. The van der Waals surface area contributed by atoms with Gasteiger partial charge in [-0.2, -0.15) is 0 Å².